The summed E-state index contributed by atoms with van der Waals surface area (Å²) in [6.07, 6.45) is 8.35. The molecule has 430 valence electrons. The van der Waals surface area contributed by atoms with Gasteiger partial charge in [-0.1, -0.05) is 31.0 Å². The fourth-order valence-corrected chi connectivity index (χ4v) is 9.76. The molecular weight excluding hydrogens is 1030 g/mol. The van der Waals surface area contributed by atoms with Crippen LogP contribution in [0.25, 0.3) is 0 Å². The van der Waals surface area contributed by atoms with E-state index in [0.717, 1.165) is 0 Å². The minimum absolute atomic E-state index is 0. The number of carbonyl (C=O) groups excluding carboxylic acids is 9. The van der Waals surface area contributed by atoms with Crippen LogP contribution in [0.5, 0.6) is 0 Å². The van der Waals surface area contributed by atoms with Crippen LogP contribution in [0, 0.1) is 11.8 Å². The van der Waals surface area contributed by atoms with Crippen molar-refractivity contribution in [1.82, 2.24) is 5.32 Å². The predicted molar refractivity (Wildman–Crippen MR) is 277 cm³/mol. The highest BCUT2D eigenvalue weighted by Gasteiger charge is 2.45. The second kappa shape index (κ2) is 45.5. The van der Waals surface area contributed by atoms with Gasteiger partial charge in [0.1, 0.15) is 32.3 Å². The van der Waals surface area contributed by atoms with Gasteiger partial charge in [0.2, 0.25) is 24.1 Å². The highest BCUT2D eigenvalue weighted by atomic mass is 35.5. The van der Waals surface area contributed by atoms with Gasteiger partial charge in [-0.3, -0.25) is 19.2 Å². The standard InChI is InChI=1S/C27H44N4O10.C24H38N2O7Si.ClH/c1-5-38-25(35)22(11-7-9-13-28-20-32)19-24(34)40-17-15-31(3,4)16-18-41-27(37)30-23(26(36)39-6-2)12-8-10-14-29-21-33;1-5-30-24(29)21(14-12-13-17-25-19-27)18-23(28)26(22-15-10-9-11-16-22)20-34(31-6-2,32-7-3)33-8-4;/h22-23H,5-19H2,1-4H3;9-11,15-16,21H,5-8,12-14,17-18,20H2,1-4H3;1H. The summed E-state index contributed by atoms with van der Waals surface area (Å²) >= 11 is 0. The molecule has 3 atom stereocenters. The molecule has 0 saturated heterocycles. The van der Waals surface area contributed by atoms with Crippen LogP contribution in [0.2, 0.25) is 0 Å². The van der Waals surface area contributed by atoms with E-state index in [1.54, 1.807) is 25.7 Å². The molecule has 0 aromatic heterocycles. The summed E-state index contributed by atoms with van der Waals surface area (Å²) in [6, 6.07) is 8.34. The summed E-state index contributed by atoms with van der Waals surface area (Å²) in [4.78, 5) is 118. The molecule has 0 aliphatic heterocycles. The maximum atomic E-state index is 13.6. The van der Waals surface area contributed by atoms with E-state index >= 15 is 0 Å². The SMILES string of the molecule is CCOC(=O)C(CCCCN=C=O)CC(=O)N(C[Si](OCC)(OCC)OCC)c1ccccc1.CCOC(=O)C(CCCCN=C=O)CC(=O)OCC[N+](C)(C)CCOC(=O)NC(CCCCN=C=O)C(=O)OCC.[Cl-]. The van der Waals surface area contributed by atoms with Crippen LogP contribution < -0.4 is 22.6 Å². The van der Waals surface area contributed by atoms with E-state index < -0.39 is 56.7 Å². The number of likely N-dealkylation sites (N-methyl/N-ethyl adjacent to an activating group) is 1. The monoisotopic (exact) mass is 1110 g/mol. The summed E-state index contributed by atoms with van der Waals surface area (Å²) in [5.41, 5.74) is 0.673. The van der Waals surface area contributed by atoms with Gasteiger partial charge in [0.15, 0.2) is 0 Å². The number of ether oxygens (including phenoxy) is 5. The number of hydrogen-bond donors (Lipinski definition) is 1. The molecule has 2 amide bonds. The lowest BCUT2D eigenvalue weighted by molar-refractivity contribution is -0.890. The Hall–Kier alpha value is -5.67. The van der Waals surface area contributed by atoms with Gasteiger partial charge in [0.05, 0.1) is 78.0 Å². The summed E-state index contributed by atoms with van der Waals surface area (Å²) in [6.45, 7) is 14.4. The smallest absolute Gasteiger partial charge is 0.521 e. The van der Waals surface area contributed by atoms with Crippen LogP contribution in [0.15, 0.2) is 45.3 Å². The second-order valence-corrected chi connectivity index (χ2v) is 19.7. The van der Waals surface area contributed by atoms with Crippen LogP contribution in [0.3, 0.4) is 0 Å². The molecule has 0 fully saturated rings. The van der Waals surface area contributed by atoms with Crippen LogP contribution in [-0.2, 0) is 75.3 Å². The van der Waals surface area contributed by atoms with Crippen molar-refractivity contribution in [1.29, 1.82) is 0 Å². The molecule has 25 heteroatoms. The van der Waals surface area contributed by atoms with Crippen LogP contribution in [-0.4, -0.2) is 179 Å². The van der Waals surface area contributed by atoms with E-state index in [4.69, 9.17) is 37.0 Å². The lowest BCUT2D eigenvalue weighted by atomic mass is 9.97. The van der Waals surface area contributed by atoms with Crippen molar-refractivity contribution in [2.75, 3.05) is 111 Å². The zero-order valence-electron chi connectivity index (χ0n) is 45.9. The fourth-order valence-electron chi connectivity index (χ4n) is 7.17. The molecule has 0 aliphatic rings. The Kier molecular flexibility index (Phi) is 43.4. The van der Waals surface area contributed by atoms with Crippen molar-refractivity contribution in [3.8, 4) is 0 Å². The van der Waals surface area contributed by atoms with Gasteiger partial charge in [0.25, 0.3) is 0 Å². The third-order valence-corrected chi connectivity index (χ3v) is 13.9. The van der Waals surface area contributed by atoms with Crippen molar-refractivity contribution < 1.29 is 97.0 Å². The van der Waals surface area contributed by atoms with Gasteiger partial charge in [-0.05, 0) is 98.6 Å². The average Bonchev–Trinajstić information content (AvgIpc) is 3.37. The molecule has 1 rings (SSSR count). The largest absolute Gasteiger partial charge is 1.00 e. The van der Waals surface area contributed by atoms with Crippen molar-refractivity contribution in [2.24, 2.45) is 26.8 Å². The number of rotatable bonds is 41. The molecule has 0 radical (unpaired) electrons. The number of isocyanates is 3. The Bertz CT molecular complexity index is 1870. The van der Waals surface area contributed by atoms with Gasteiger partial charge < -0.3 is 64.1 Å². The Morgan fingerprint density at radius 1 is 0.579 bits per heavy atom. The van der Waals surface area contributed by atoms with Crippen molar-refractivity contribution in [3.05, 3.63) is 30.3 Å². The number of nitrogens with one attached hydrogen (secondary N) is 1. The van der Waals surface area contributed by atoms with Gasteiger partial charge in [-0.15, -0.1) is 0 Å². The summed E-state index contributed by atoms with van der Waals surface area (Å²) in [5.74, 6) is -3.46. The molecule has 0 heterocycles. The molecule has 0 aliphatic carbocycles. The number of aliphatic imine (C=N–C) groups is 3. The number of quaternary nitrogens is 1. The molecule has 1 N–H and O–H groups in total. The Labute approximate surface area is 455 Å². The van der Waals surface area contributed by atoms with Crippen LogP contribution >= 0.6 is 0 Å². The minimum Gasteiger partial charge on any atom is -1.00 e. The number of alkyl carbamates (subject to hydrolysis) is 1. The van der Waals surface area contributed by atoms with E-state index in [1.807, 2.05) is 65.2 Å². The number of esters is 4. The van der Waals surface area contributed by atoms with E-state index in [0.29, 0.717) is 114 Å². The zero-order valence-corrected chi connectivity index (χ0v) is 47.6. The molecule has 3 unspecified atom stereocenters. The topological polar surface area (TPSA) is 280 Å². The molecule has 1 aromatic carbocycles. The summed E-state index contributed by atoms with van der Waals surface area (Å²) < 4.78 is 44.2. The van der Waals surface area contributed by atoms with Gasteiger partial charge in [-0.25, -0.2) is 38.9 Å². The fraction of sp³-hybridized carbons (Fsp3) is 0.706. The summed E-state index contributed by atoms with van der Waals surface area (Å²) in [7, 11) is 0.555. The normalized spacial score (nSPS) is 11.9. The maximum absolute atomic E-state index is 13.6. The Balaban J connectivity index is 0. The Morgan fingerprint density at radius 2 is 1.01 bits per heavy atom. The second-order valence-electron chi connectivity index (χ2n) is 17.2. The van der Waals surface area contributed by atoms with Crippen molar-refractivity contribution in [2.45, 2.75) is 118 Å². The number of anilines is 1. The van der Waals surface area contributed by atoms with Gasteiger partial charge >= 0.3 is 38.8 Å². The Morgan fingerprint density at radius 3 is 1.46 bits per heavy atom. The van der Waals surface area contributed by atoms with E-state index in [9.17, 15) is 43.2 Å². The number of amides is 2. The number of carbonyl (C=O) groups is 6. The number of halogens is 1. The number of para-hydroxylation sites is 1. The molecule has 76 heavy (non-hydrogen) atoms. The predicted octanol–water partition coefficient (Wildman–Crippen LogP) is 2.53. The molecule has 0 spiro atoms. The van der Waals surface area contributed by atoms with Crippen molar-refractivity contribution in [3.63, 3.8) is 0 Å². The summed E-state index contributed by atoms with van der Waals surface area (Å²) in [5, 5.41) is 2.52. The number of unbranched alkanes of at least 4 members (excludes halogenated alkanes) is 3. The lowest BCUT2D eigenvalue weighted by Crippen LogP contribution is -3.00. The highest BCUT2D eigenvalue weighted by Crippen LogP contribution is 2.24. The lowest BCUT2D eigenvalue weighted by Gasteiger charge is -2.34. The first-order chi connectivity index (χ1) is 36.1. The quantitative estimate of drug-likeness (QED) is 0.0188. The maximum Gasteiger partial charge on any atom is 0.521 e. The molecular formula is C51H83ClN6O17Si. The minimum atomic E-state index is -3.20. The van der Waals surface area contributed by atoms with E-state index in [1.165, 1.54) is 18.2 Å². The first kappa shape index (κ1) is 72.4. The third-order valence-electron chi connectivity index (χ3n) is 11.0. The van der Waals surface area contributed by atoms with Crippen LogP contribution in [0.4, 0.5) is 10.5 Å². The average molecular weight is 1120 g/mol. The first-order valence-corrected chi connectivity index (χ1v) is 27.8. The van der Waals surface area contributed by atoms with Gasteiger partial charge in [0, 0.05) is 31.9 Å². The highest BCUT2D eigenvalue weighted by molar-refractivity contribution is 6.62. The molecule has 0 saturated carbocycles. The number of hydrogen-bond acceptors (Lipinski definition) is 20. The van der Waals surface area contributed by atoms with Crippen molar-refractivity contribution >= 4 is 68.6 Å². The van der Waals surface area contributed by atoms with E-state index in [2.05, 4.69) is 20.3 Å². The molecule has 1 aromatic rings. The molecule has 23 nitrogen and oxygen atoms in total. The molecule has 0 bridgehead atoms. The number of nitrogens with zero attached hydrogens (tertiary/aromatic N) is 5. The van der Waals surface area contributed by atoms with E-state index in [-0.39, 0.29) is 76.9 Å². The first-order valence-electron chi connectivity index (χ1n) is 25.8. The van der Waals surface area contributed by atoms with Gasteiger partial charge in [-0.2, -0.15) is 0 Å². The number of benzene rings is 1. The third kappa shape index (κ3) is 34.1. The van der Waals surface area contributed by atoms with Crippen LogP contribution in [0.1, 0.15) is 112 Å². The zero-order chi connectivity index (χ0) is 56.2.